The van der Waals surface area contributed by atoms with E-state index in [9.17, 15) is 5.26 Å². The Morgan fingerprint density at radius 2 is 1.76 bits per heavy atom. The first-order valence-corrected chi connectivity index (χ1v) is 15.6. The zero-order valence-electron chi connectivity index (χ0n) is 22.1. The Morgan fingerprint density at radius 1 is 1.12 bits per heavy atom. The first-order valence-electron chi connectivity index (χ1n) is 13.1. The van der Waals surface area contributed by atoms with Crippen LogP contribution in [0.3, 0.4) is 0 Å². The summed E-state index contributed by atoms with van der Waals surface area (Å²) >= 11 is 0. The fraction of sp³-hybridized carbons (Fsp3) is 0.690. The van der Waals surface area contributed by atoms with E-state index in [1.807, 2.05) is 6.07 Å². The normalized spacial score (nSPS) is 24.2. The lowest BCUT2D eigenvalue weighted by molar-refractivity contribution is -0.0277. The minimum atomic E-state index is -1.83. The summed E-state index contributed by atoms with van der Waals surface area (Å²) in [6.07, 6.45) is 6.39. The van der Waals surface area contributed by atoms with Gasteiger partial charge < -0.3 is 9.16 Å². The number of hydrogen-bond acceptors (Lipinski definition) is 3. The highest BCUT2D eigenvalue weighted by Gasteiger charge is 2.43. The molecule has 2 rings (SSSR count). The van der Waals surface area contributed by atoms with Crippen LogP contribution in [0.5, 0.6) is 0 Å². The maximum Gasteiger partial charge on any atom is 0.194 e. The van der Waals surface area contributed by atoms with Gasteiger partial charge in [0.15, 0.2) is 14.4 Å². The summed E-state index contributed by atoms with van der Waals surface area (Å²) in [6, 6.07) is 16.1. The zero-order chi connectivity index (χ0) is 24.5. The quantitative estimate of drug-likeness (QED) is 0.230. The number of nitriles is 1. The van der Waals surface area contributed by atoms with Gasteiger partial charge in [-0.1, -0.05) is 84.9 Å². The third-order valence-corrected chi connectivity index (χ3v) is 12.9. The van der Waals surface area contributed by atoms with E-state index in [-0.39, 0.29) is 5.41 Å². The predicted octanol–water partition coefficient (Wildman–Crippen LogP) is 8.00. The SMILES string of the molecule is CC[Si](CC)(CC)OC(C#N)/C=C/[C@@H]1[C@@H](COCc2ccccc2)[C@H](C(C)C)CCC1(C)C. The van der Waals surface area contributed by atoms with Gasteiger partial charge in [-0.2, -0.15) is 5.26 Å². The second kappa shape index (κ2) is 12.9. The minimum Gasteiger partial charge on any atom is -0.398 e. The fourth-order valence-corrected chi connectivity index (χ4v) is 8.38. The van der Waals surface area contributed by atoms with E-state index in [2.05, 4.69) is 91.0 Å². The fourth-order valence-electron chi connectivity index (χ4n) is 5.71. The Hall–Kier alpha value is -1.41. The monoisotopic (exact) mass is 469 g/mol. The molecule has 0 radical (unpaired) electrons. The molecule has 1 unspecified atom stereocenters. The first kappa shape index (κ1) is 27.8. The standard InChI is InChI=1S/C29H47NO2Si/c1-8-33(9-2,10-3)32-25(20-30)16-17-28-27(22-31-21-24-14-12-11-13-15-24)26(23(4)5)18-19-29(28,6)7/h11-17,23,25-28H,8-10,18-19,21-22H2,1-7H3/b17-16+/t25?,26-,27-,28+/m0/s1. The second-order valence-electron chi connectivity index (χ2n) is 10.9. The zero-order valence-corrected chi connectivity index (χ0v) is 23.1. The number of benzene rings is 1. The lowest BCUT2D eigenvalue weighted by Gasteiger charge is -2.48. The molecule has 184 valence electrons. The molecule has 4 atom stereocenters. The largest absolute Gasteiger partial charge is 0.398 e. The molecule has 1 fully saturated rings. The van der Waals surface area contributed by atoms with Gasteiger partial charge in [0.2, 0.25) is 0 Å². The number of nitrogens with zero attached hydrogens (tertiary/aromatic N) is 1. The van der Waals surface area contributed by atoms with Crippen LogP contribution in [-0.4, -0.2) is 21.0 Å². The number of allylic oxidation sites excluding steroid dienone is 1. The molecule has 33 heavy (non-hydrogen) atoms. The molecule has 1 aliphatic rings. The predicted molar refractivity (Wildman–Crippen MR) is 141 cm³/mol. The molecule has 0 aliphatic heterocycles. The Kier molecular flexibility index (Phi) is 10.9. The topological polar surface area (TPSA) is 42.2 Å². The third-order valence-electron chi connectivity index (χ3n) is 8.24. The first-order chi connectivity index (χ1) is 15.7. The summed E-state index contributed by atoms with van der Waals surface area (Å²) in [6.45, 7) is 17.5. The highest BCUT2D eigenvalue weighted by atomic mass is 28.4. The lowest BCUT2D eigenvalue weighted by Crippen LogP contribution is -2.43. The van der Waals surface area contributed by atoms with Gasteiger partial charge in [-0.3, -0.25) is 0 Å². The molecular formula is C29H47NO2Si. The number of hydrogen-bond donors (Lipinski definition) is 0. The van der Waals surface area contributed by atoms with Crippen LogP contribution in [0.2, 0.25) is 18.1 Å². The molecule has 0 spiro atoms. The highest BCUT2D eigenvalue weighted by molar-refractivity contribution is 6.73. The average molecular weight is 470 g/mol. The maximum absolute atomic E-state index is 9.88. The number of rotatable bonds is 12. The van der Waals surface area contributed by atoms with E-state index < -0.39 is 14.4 Å². The molecule has 1 aliphatic carbocycles. The van der Waals surface area contributed by atoms with Crippen molar-refractivity contribution in [3.63, 3.8) is 0 Å². The minimum absolute atomic E-state index is 0.178. The molecule has 3 nitrogen and oxygen atoms in total. The molecule has 1 aromatic carbocycles. The summed E-state index contributed by atoms with van der Waals surface area (Å²) in [5.41, 5.74) is 1.40. The van der Waals surface area contributed by atoms with Crippen molar-refractivity contribution in [3.8, 4) is 6.07 Å². The summed E-state index contributed by atoms with van der Waals surface area (Å²) in [5, 5.41) is 9.88. The van der Waals surface area contributed by atoms with Crippen molar-refractivity contribution in [2.75, 3.05) is 6.61 Å². The van der Waals surface area contributed by atoms with Gasteiger partial charge >= 0.3 is 0 Å². The van der Waals surface area contributed by atoms with E-state index in [4.69, 9.17) is 9.16 Å². The van der Waals surface area contributed by atoms with Crippen LogP contribution in [-0.2, 0) is 15.8 Å². The van der Waals surface area contributed by atoms with Gasteiger partial charge in [0, 0.05) is 0 Å². The van der Waals surface area contributed by atoms with Crippen molar-refractivity contribution >= 4 is 8.32 Å². The summed E-state index contributed by atoms with van der Waals surface area (Å²) in [7, 11) is -1.83. The van der Waals surface area contributed by atoms with Crippen LogP contribution in [0.4, 0.5) is 0 Å². The third kappa shape index (κ3) is 7.54. The summed E-state index contributed by atoms with van der Waals surface area (Å²) in [5.74, 6) is 2.05. The van der Waals surface area contributed by atoms with E-state index >= 15 is 0 Å². The summed E-state index contributed by atoms with van der Waals surface area (Å²) in [4.78, 5) is 0. The van der Waals surface area contributed by atoms with E-state index in [0.29, 0.717) is 30.3 Å². The van der Waals surface area contributed by atoms with Gasteiger partial charge in [0.1, 0.15) is 0 Å². The molecule has 0 bridgehead atoms. The molecule has 1 saturated carbocycles. The highest BCUT2D eigenvalue weighted by Crippen LogP contribution is 2.49. The smallest absolute Gasteiger partial charge is 0.194 e. The van der Waals surface area contributed by atoms with E-state index in [0.717, 1.165) is 24.7 Å². The number of ether oxygens (including phenoxy) is 1. The summed E-state index contributed by atoms with van der Waals surface area (Å²) < 4.78 is 12.8. The molecule has 4 heteroatoms. The molecule has 0 heterocycles. The molecule has 0 saturated heterocycles. The van der Waals surface area contributed by atoms with Crippen molar-refractivity contribution < 1.29 is 9.16 Å². The van der Waals surface area contributed by atoms with Crippen LogP contribution >= 0.6 is 0 Å². The Morgan fingerprint density at radius 3 is 2.30 bits per heavy atom. The Bertz CT molecular complexity index is 755. The molecule has 0 aromatic heterocycles. The molecule has 0 N–H and O–H groups in total. The molecule has 1 aromatic rings. The molecular weight excluding hydrogens is 422 g/mol. The molecule has 0 amide bonds. The van der Waals surface area contributed by atoms with Crippen LogP contribution in [0, 0.1) is 40.4 Å². The van der Waals surface area contributed by atoms with E-state index in [1.54, 1.807) is 0 Å². The van der Waals surface area contributed by atoms with Crippen LogP contribution < -0.4 is 0 Å². The Balaban J connectivity index is 2.22. The van der Waals surface area contributed by atoms with Crippen molar-refractivity contribution in [2.24, 2.45) is 29.1 Å². The maximum atomic E-state index is 9.88. The second-order valence-corrected chi connectivity index (χ2v) is 15.6. The average Bonchev–Trinajstić information content (AvgIpc) is 2.81. The Labute approximate surface area is 204 Å². The van der Waals surface area contributed by atoms with Gasteiger partial charge in [-0.15, -0.1) is 0 Å². The van der Waals surface area contributed by atoms with Gasteiger partial charge in [0.25, 0.3) is 0 Å². The van der Waals surface area contributed by atoms with Crippen LogP contribution in [0.1, 0.15) is 66.9 Å². The van der Waals surface area contributed by atoms with Gasteiger partial charge in [0.05, 0.1) is 19.3 Å². The van der Waals surface area contributed by atoms with Crippen molar-refractivity contribution in [3.05, 3.63) is 48.0 Å². The lowest BCUT2D eigenvalue weighted by atomic mass is 9.57. The van der Waals surface area contributed by atoms with Crippen molar-refractivity contribution in [1.82, 2.24) is 0 Å². The van der Waals surface area contributed by atoms with Gasteiger partial charge in [-0.25, -0.2) is 0 Å². The van der Waals surface area contributed by atoms with Crippen LogP contribution in [0.25, 0.3) is 0 Å². The van der Waals surface area contributed by atoms with Crippen LogP contribution in [0.15, 0.2) is 42.5 Å². The van der Waals surface area contributed by atoms with Crippen molar-refractivity contribution in [2.45, 2.75) is 92.2 Å². The van der Waals surface area contributed by atoms with E-state index in [1.165, 1.54) is 18.4 Å². The van der Waals surface area contributed by atoms with Crippen molar-refractivity contribution in [1.29, 1.82) is 5.26 Å². The van der Waals surface area contributed by atoms with Gasteiger partial charge in [-0.05, 0) is 71.7 Å².